The van der Waals surface area contributed by atoms with Crippen molar-refractivity contribution < 1.29 is 4.74 Å². The van der Waals surface area contributed by atoms with Gasteiger partial charge in [0.1, 0.15) is 5.75 Å². The highest BCUT2D eigenvalue weighted by molar-refractivity contribution is 7.99. The molecule has 0 saturated carbocycles. The summed E-state index contributed by atoms with van der Waals surface area (Å²) in [6.45, 7) is 4.31. The van der Waals surface area contributed by atoms with Gasteiger partial charge in [-0.05, 0) is 44.2 Å². The van der Waals surface area contributed by atoms with Crippen molar-refractivity contribution >= 4 is 11.8 Å². The van der Waals surface area contributed by atoms with E-state index in [1.54, 1.807) is 7.11 Å². The molecule has 1 unspecified atom stereocenters. The normalized spacial score (nSPS) is 12.2. The number of methoxy groups -OCH3 is 1. The molecule has 0 aromatic heterocycles. The topological polar surface area (TPSA) is 21.3 Å². The fourth-order valence-corrected chi connectivity index (χ4v) is 3.62. The minimum Gasteiger partial charge on any atom is -0.496 e. The van der Waals surface area contributed by atoms with Crippen molar-refractivity contribution in [3.8, 4) is 5.75 Å². The van der Waals surface area contributed by atoms with Crippen LogP contribution in [0.15, 0.2) is 47.4 Å². The number of hydrogen-bond acceptors (Lipinski definition) is 3. The van der Waals surface area contributed by atoms with E-state index < -0.39 is 0 Å². The highest BCUT2D eigenvalue weighted by Gasteiger charge is 2.13. The maximum atomic E-state index is 5.42. The molecule has 2 rings (SSSR count). The lowest BCUT2D eigenvalue weighted by Crippen LogP contribution is -2.19. The van der Waals surface area contributed by atoms with Crippen molar-refractivity contribution in [3.63, 3.8) is 0 Å². The Hall–Kier alpha value is -1.45. The van der Waals surface area contributed by atoms with Crippen LogP contribution in [0.2, 0.25) is 0 Å². The molecule has 2 aromatic rings. The lowest BCUT2D eigenvalue weighted by molar-refractivity contribution is 0.405. The molecule has 0 fully saturated rings. The zero-order valence-corrected chi connectivity index (χ0v) is 14.0. The summed E-state index contributed by atoms with van der Waals surface area (Å²) in [6, 6.07) is 15.2. The van der Waals surface area contributed by atoms with Crippen molar-refractivity contribution in [1.29, 1.82) is 0 Å². The van der Waals surface area contributed by atoms with E-state index in [1.807, 2.05) is 30.9 Å². The molecule has 0 radical (unpaired) electrons. The molecule has 112 valence electrons. The van der Waals surface area contributed by atoms with Crippen molar-refractivity contribution in [3.05, 3.63) is 59.2 Å². The van der Waals surface area contributed by atoms with Crippen molar-refractivity contribution in [2.45, 2.75) is 24.8 Å². The monoisotopic (exact) mass is 301 g/mol. The van der Waals surface area contributed by atoms with Crippen LogP contribution in [0.25, 0.3) is 0 Å². The Morgan fingerprint density at radius 3 is 2.57 bits per heavy atom. The highest BCUT2D eigenvalue weighted by Crippen LogP contribution is 2.32. The van der Waals surface area contributed by atoms with E-state index in [1.165, 1.54) is 21.6 Å². The van der Waals surface area contributed by atoms with Crippen molar-refractivity contribution in [2.24, 2.45) is 0 Å². The average Bonchev–Trinajstić information content (AvgIpc) is 2.50. The Morgan fingerprint density at radius 1 is 1.14 bits per heavy atom. The van der Waals surface area contributed by atoms with Gasteiger partial charge in [0.15, 0.2) is 0 Å². The van der Waals surface area contributed by atoms with Gasteiger partial charge >= 0.3 is 0 Å². The van der Waals surface area contributed by atoms with Gasteiger partial charge in [-0.15, -0.1) is 11.8 Å². The molecule has 21 heavy (non-hydrogen) atoms. The molecule has 0 saturated heterocycles. The summed E-state index contributed by atoms with van der Waals surface area (Å²) in [4.78, 5) is 1.19. The second-order valence-corrected chi connectivity index (χ2v) is 6.23. The predicted octanol–water partition coefficient (Wildman–Crippen LogP) is 4.36. The zero-order chi connectivity index (χ0) is 15.2. The first kappa shape index (κ1) is 15.9. The third kappa shape index (κ3) is 4.02. The Labute approximate surface area is 131 Å². The number of para-hydroxylation sites is 1. The molecule has 1 N–H and O–H groups in total. The van der Waals surface area contributed by atoms with E-state index >= 15 is 0 Å². The molecular weight excluding hydrogens is 278 g/mol. The van der Waals surface area contributed by atoms with E-state index in [0.717, 1.165) is 11.5 Å². The quantitative estimate of drug-likeness (QED) is 0.801. The van der Waals surface area contributed by atoms with Crippen molar-refractivity contribution in [1.82, 2.24) is 5.32 Å². The molecule has 1 atom stereocenters. The summed E-state index contributed by atoms with van der Waals surface area (Å²) in [6.07, 6.45) is 0. The van der Waals surface area contributed by atoms with Gasteiger partial charge in [-0.25, -0.2) is 0 Å². The van der Waals surface area contributed by atoms with Crippen LogP contribution in [-0.4, -0.2) is 19.9 Å². The first-order chi connectivity index (χ1) is 10.2. The lowest BCUT2D eigenvalue weighted by Gasteiger charge is -2.19. The summed E-state index contributed by atoms with van der Waals surface area (Å²) >= 11 is 1.82. The van der Waals surface area contributed by atoms with Crippen LogP contribution in [-0.2, 0) is 0 Å². The maximum Gasteiger partial charge on any atom is 0.132 e. The summed E-state index contributed by atoms with van der Waals surface area (Å²) in [5.74, 6) is 1.92. The molecule has 2 nitrogen and oxygen atoms in total. The SMILES string of the molecule is CNC(CSc1ccccc1OC)c1ccc(C)cc1C. The summed E-state index contributed by atoms with van der Waals surface area (Å²) in [5, 5.41) is 3.42. The number of thioether (sulfide) groups is 1. The van der Waals surface area contributed by atoms with Gasteiger partial charge in [0.25, 0.3) is 0 Å². The summed E-state index contributed by atoms with van der Waals surface area (Å²) in [5.41, 5.74) is 4.02. The first-order valence-corrected chi connectivity index (χ1v) is 8.14. The number of ether oxygens (including phenoxy) is 1. The minimum absolute atomic E-state index is 0.334. The smallest absolute Gasteiger partial charge is 0.132 e. The molecule has 0 spiro atoms. The van der Waals surface area contributed by atoms with Gasteiger partial charge in [-0.3, -0.25) is 0 Å². The number of benzene rings is 2. The number of hydrogen-bond donors (Lipinski definition) is 1. The van der Waals surface area contributed by atoms with Crippen LogP contribution in [0, 0.1) is 13.8 Å². The van der Waals surface area contributed by atoms with Gasteiger partial charge in [-0.2, -0.15) is 0 Å². The molecule has 0 bridgehead atoms. The number of rotatable bonds is 6. The molecule has 0 heterocycles. The Kier molecular flexibility index (Phi) is 5.71. The van der Waals surface area contributed by atoms with E-state index in [0.29, 0.717) is 6.04 Å². The van der Waals surface area contributed by atoms with Crippen LogP contribution in [0.5, 0.6) is 5.75 Å². The molecule has 0 aliphatic rings. The molecule has 3 heteroatoms. The lowest BCUT2D eigenvalue weighted by atomic mass is 10.0. The Morgan fingerprint density at radius 2 is 1.90 bits per heavy atom. The molecule has 0 amide bonds. The van der Waals surface area contributed by atoms with Crippen LogP contribution in [0.1, 0.15) is 22.7 Å². The van der Waals surface area contributed by atoms with Gasteiger partial charge in [0, 0.05) is 16.7 Å². The van der Waals surface area contributed by atoms with Gasteiger partial charge in [0.05, 0.1) is 7.11 Å². The van der Waals surface area contributed by atoms with E-state index in [9.17, 15) is 0 Å². The largest absolute Gasteiger partial charge is 0.496 e. The molecule has 2 aromatic carbocycles. The standard InChI is InChI=1S/C18H23NOS/c1-13-9-10-15(14(2)11-13)16(19-3)12-21-18-8-6-5-7-17(18)20-4/h5-11,16,19H,12H2,1-4H3. The van der Waals surface area contributed by atoms with Gasteiger partial charge in [0.2, 0.25) is 0 Å². The Balaban J connectivity index is 2.12. The van der Waals surface area contributed by atoms with Crippen LogP contribution >= 0.6 is 11.8 Å². The van der Waals surface area contributed by atoms with Crippen LogP contribution in [0.3, 0.4) is 0 Å². The number of nitrogens with one attached hydrogen (secondary N) is 1. The second kappa shape index (κ2) is 7.53. The highest BCUT2D eigenvalue weighted by atomic mass is 32.2. The third-order valence-electron chi connectivity index (χ3n) is 3.62. The van der Waals surface area contributed by atoms with Crippen molar-refractivity contribution in [2.75, 3.05) is 19.9 Å². The number of aryl methyl sites for hydroxylation is 2. The fraction of sp³-hybridized carbons (Fsp3) is 0.333. The van der Waals surface area contributed by atoms with E-state index in [4.69, 9.17) is 4.74 Å². The van der Waals surface area contributed by atoms with Crippen LogP contribution < -0.4 is 10.1 Å². The minimum atomic E-state index is 0.334. The maximum absolute atomic E-state index is 5.42. The van der Waals surface area contributed by atoms with Gasteiger partial charge < -0.3 is 10.1 Å². The Bertz CT molecular complexity index is 598. The molecular formula is C18H23NOS. The first-order valence-electron chi connectivity index (χ1n) is 7.16. The third-order valence-corrected chi connectivity index (χ3v) is 4.77. The van der Waals surface area contributed by atoms with Gasteiger partial charge in [-0.1, -0.05) is 35.9 Å². The average molecular weight is 301 g/mol. The summed E-state index contributed by atoms with van der Waals surface area (Å²) in [7, 11) is 3.74. The van der Waals surface area contributed by atoms with Crippen LogP contribution in [0.4, 0.5) is 0 Å². The zero-order valence-electron chi connectivity index (χ0n) is 13.1. The second-order valence-electron chi connectivity index (χ2n) is 5.16. The predicted molar refractivity (Wildman–Crippen MR) is 91.4 cm³/mol. The fourth-order valence-electron chi connectivity index (χ4n) is 2.46. The summed E-state index contributed by atoms with van der Waals surface area (Å²) < 4.78 is 5.42. The molecule has 0 aliphatic heterocycles. The van der Waals surface area contributed by atoms with E-state index in [-0.39, 0.29) is 0 Å². The van der Waals surface area contributed by atoms with E-state index in [2.05, 4.69) is 49.5 Å². The molecule has 0 aliphatic carbocycles.